The number of aromatic nitrogens is 2. The number of fused-ring (bicyclic) bond motifs is 4. The lowest BCUT2D eigenvalue weighted by atomic mass is 10.00. The molecule has 0 spiro atoms. The Bertz CT molecular complexity index is 1950. The van der Waals surface area contributed by atoms with Gasteiger partial charge in [0.1, 0.15) is 17.1 Å². The SMILES string of the molecule is C#Cc1ccc2c(c1)[nH]c1c2c(=O)c2cc(OC(C)C)c(-c3cccc(OS(=O)(=O)F)c3)cc2n1C(C)C. The van der Waals surface area contributed by atoms with Crippen molar-refractivity contribution in [2.45, 2.75) is 39.8 Å². The number of benzene rings is 3. The maximum Gasteiger partial charge on any atom is 0.488 e. The van der Waals surface area contributed by atoms with E-state index in [4.69, 9.17) is 11.2 Å². The van der Waals surface area contributed by atoms with Crippen LogP contribution in [-0.2, 0) is 10.5 Å². The van der Waals surface area contributed by atoms with Crippen LogP contribution in [0.25, 0.3) is 44.0 Å². The first-order chi connectivity index (χ1) is 18.0. The average molecular weight is 533 g/mol. The van der Waals surface area contributed by atoms with E-state index in [0.29, 0.717) is 44.4 Å². The number of hydrogen-bond donors (Lipinski definition) is 1. The lowest BCUT2D eigenvalue weighted by Crippen LogP contribution is -2.14. The maximum atomic E-state index is 13.9. The molecule has 2 aromatic heterocycles. The summed E-state index contributed by atoms with van der Waals surface area (Å²) in [5.74, 6) is 2.87. The van der Waals surface area contributed by atoms with Gasteiger partial charge < -0.3 is 18.5 Å². The largest absolute Gasteiger partial charge is 0.490 e. The van der Waals surface area contributed by atoms with Crippen molar-refractivity contribution in [3.05, 3.63) is 70.4 Å². The number of ether oxygens (including phenoxy) is 1. The molecular weight excluding hydrogens is 507 g/mol. The lowest BCUT2D eigenvalue weighted by molar-refractivity contribution is 0.244. The van der Waals surface area contributed by atoms with E-state index in [0.717, 1.165) is 10.9 Å². The number of nitrogens with zero attached hydrogens (tertiary/aromatic N) is 1. The molecule has 0 bridgehead atoms. The minimum Gasteiger partial charge on any atom is -0.490 e. The minimum absolute atomic E-state index is 0.0446. The van der Waals surface area contributed by atoms with Gasteiger partial charge in [0.2, 0.25) is 0 Å². The first-order valence-electron chi connectivity index (χ1n) is 12.0. The molecule has 0 aliphatic carbocycles. The molecular formula is C29H25FN2O5S. The smallest absolute Gasteiger partial charge is 0.488 e. The van der Waals surface area contributed by atoms with Gasteiger partial charge >= 0.3 is 10.5 Å². The first kappa shape index (κ1) is 25.4. The highest BCUT2D eigenvalue weighted by Crippen LogP contribution is 2.38. The summed E-state index contributed by atoms with van der Waals surface area (Å²) in [7, 11) is -5.20. The highest BCUT2D eigenvalue weighted by Gasteiger charge is 2.21. The Kier molecular flexibility index (Phi) is 6.16. The predicted octanol–water partition coefficient (Wildman–Crippen LogP) is 6.25. The van der Waals surface area contributed by atoms with Crippen molar-refractivity contribution in [3.8, 4) is 35.0 Å². The van der Waals surface area contributed by atoms with Crippen molar-refractivity contribution in [1.82, 2.24) is 9.55 Å². The topological polar surface area (TPSA) is 90.4 Å². The van der Waals surface area contributed by atoms with Crippen LogP contribution in [0.5, 0.6) is 11.5 Å². The van der Waals surface area contributed by atoms with Crippen LogP contribution in [0.4, 0.5) is 3.89 Å². The Morgan fingerprint density at radius 1 is 1.03 bits per heavy atom. The Morgan fingerprint density at radius 2 is 1.79 bits per heavy atom. The monoisotopic (exact) mass is 532 g/mol. The normalized spacial score (nSPS) is 12.1. The van der Waals surface area contributed by atoms with Crippen molar-refractivity contribution >= 4 is 43.3 Å². The molecule has 7 nitrogen and oxygen atoms in total. The molecule has 0 unspecified atom stereocenters. The molecule has 38 heavy (non-hydrogen) atoms. The van der Waals surface area contributed by atoms with Crippen LogP contribution in [0.1, 0.15) is 39.3 Å². The molecule has 0 radical (unpaired) electrons. The zero-order chi connectivity index (χ0) is 27.4. The van der Waals surface area contributed by atoms with Gasteiger partial charge in [0, 0.05) is 28.1 Å². The van der Waals surface area contributed by atoms with Crippen molar-refractivity contribution in [2.24, 2.45) is 0 Å². The maximum absolute atomic E-state index is 13.9. The van der Waals surface area contributed by atoms with E-state index in [9.17, 15) is 17.1 Å². The minimum atomic E-state index is -5.20. The van der Waals surface area contributed by atoms with Gasteiger partial charge in [-0.1, -0.05) is 28.0 Å². The molecule has 0 aliphatic rings. The summed E-state index contributed by atoms with van der Waals surface area (Å²) in [5.41, 5.74) is 3.72. The third-order valence-corrected chi connectivity index (χ3v) is 6.63. The molecule has 5 rings (SSSR count). The van der Waals surface area contributed by atoms with E-state index in [-0.39, 0.29) is 23.3 Å². The Labute approximate surface area is 219 Å². The molecule has 0 amide bonds. The summed E-state index contributed by atoms with van der Waals surface area (Å²) in [4.78, 5) is 17.3. The molecule has 9 heteroatoms. The van der Waals surface area contributed by atoms with Crippen LogP contribution in [0.15, 0.2) is 59.4 Å². The van der Waals surface area contributed by atoms with E-state index in [1.54, 1.807) is 18.2 Å². The quantitative estimate of drug-likeness (QED) is 0.206. The van der Waals surface area contributed by atoms with Gasteiger partial charge in [-0.05, 0) is 69.7 Å². The molecule has 5 aromatic rings. The van der Waals surface area contributed by atoms with Gasteiger partial charge in [0.15, 0.2) is 5.43 Å². The average Bonchev–Trinajstić information content (AvgIpc) is 3.21. The number of rotatable bonds is 6. The Hall–Kier alpha value is -4.29. The van der Waals surface area contributed by atoms with Crippen molar-refractivity contribution in [2.75, 3.05) is 0 Å². The summed E-state index contributed by atoms with van der Waals surface area (Å²) in [5, 5.41) is 1.79. The number of halogens is 1. The first-order valence-corrected chi connectivity index (χ1v) is 13.3. The fourth-order valence-electron chi connectivity index (χ4n) is 4.83. The number of terminal acetylenes is 1. The number of pyridine rings is 1. The molecule has 0 saturated heterocycles. The van der Waals surface area contributed by atoms with Gasteiger partial charge in [-0.3, -0.25) is 4.79 Å². The van der Waals surface area contributed by atoms with Crippen molar-refractivity contribution in [1.29, 1.82) is 0 Å². The highest BCUT2D eigenvalue weighted by atomic mass is 32.3. The molecule has 0 aliphatic heterocycles. The van der Waals surface area contributed by atoms with Crippen LogP contribution in [0.3, 0.4) is 0 Å². The van der Waals surface area contributed by atoms with Gasteiger partial charge in [-0.15, -0.1) is 6.42 Å². The van der Waals surface area contributed by atoms with E-state index in [1.165, 1.54) is 12.1 Å². The highest BCUT2D eigenvalue weighted by molar-refractivity contribution is 7.81. The summed E-state index contributed by atoms with van der Waals surface area (Å²) in [6, 6.07) is 15.0. The van der Waals surface area contributed by atoms with Gasteiger partial charge in [-0.25, -0.2) is 0 Å². The van der Waals surface area contributed by atoms with Gasteiger partial charge in [0.25, 0.3) is 0 Å². The fourth-order valence-corrected chi connectivity index (χ4v) is 5.17. The van der Waals surface area contributed by atoms with Gasteiger partial charge in [-0.2, -0.15) is 8.42 Å². The third-order valence-electron chi connectivity index (χ3n) is 6.24. The van der Waals surface area contributed by atoms with Crippen molar-refractivity contribution in [3.63, 3.8) is 0 Å². The second kappa shape index (κ2) is 9.23. The number of hydrogen-bond acceptors (Lipinski definition) is 5. The van der Waals surface area contributed by atoms with Crippen LogP contribution < -0.4 is 14.3 Å². The number of aromatic amines is 1. The Morgan fingerprint density at radius 3 is 2.45 bits per heavy atom. The lowest BCUT2D eigenvalue weighted by Gasteiger charge is -2.20. The van der Waals surface area contributed by atoms with E-state index in [1.807, 2.05) is 56.5 Å². The summed E-state index contributed by atoms with van der Waals surface area (Å²) < 4.78 is 47.9. The Balaban J connectivity index is 1.88. The van der Waals surface area contributed by atoms with E-state index >= 15 is 0 Å². The molecule has 0 saturated carbocycles. The molecule has 2 heterocycles. The van der Waals surface area contributed by atoms with Crippen LogP contribution in [0.2, 0.25) is 0 Å². The molecule has 0 atom stereocenters. The van der Waals surface area contributed by atoms with Crippen molar-refractivity contribution < 1.29 is 21.2 Å². The van der Waals surface area contributed by atoms with Gasteiger partial charge in [0.05, 0.1) is 22.4 Å². The van der Waals surface area contributed by atoms with E-state index in [2.05, 4.69) is 15.1 Å². The standard InChI is InChI=1S/C29H25FN2O5S/c1-6-18-10-11-21-24(12-18)31-29-27(21)28(33)23-15-26(36-17(4)5)22(14-25(23)32(29)16(2)3)19-8-7-9-20(13-19)37-38(30,34)35/h1,7-17,31H,2-5H3. The fraction of sp³-hybridized carbons (Fsp3) is 0.207. The second-order valence-corrected chi connectivity index (χ2v) is 10.5. The molecule has 3 aromatic carbocycles. The number of nitrogens with one attached hydrogen (secondary N) is 1. The zero-order valence-electron chi connectivity index (χ0n) is 21.2. The molecule has 1 N–H and O–H groups in total. The third kappa shape index (κ3) is 4.48. The predicted molar refractivity (Wildman–Crippen MR) is 148 cm³/mol. The van der Waals surface area contributed by atoms with E-state index < -0.39 is 10.5 Å². The number of H-pyrrole nitrogens is 1. The summed E-state index contributed by atoms with van der Waals surface area (Å²) in [6.45, 7) is 7.75. The van der Waals surface area contributed by atoms with Crippen LogP contribution in [-0.4, -0.2) is 24.1 Å². The van der Waals surface area contributed by atoms with Crippen LogP contribution >= 0.6 is 0 Å². The van der Waals surface area contributed by atoms with Crippen LogP contribution in [0, 0.1) is 12.3 Å². The molecule has 0 fully saturated rings. The second-order valence-electron chi connectivity index (χ2n) is 9.58. The summed E-state index contributed by atoms with van der Waals surface area (Å²) in [6.07, 6.45) is 5.37. The zero-order valence-corrected chi connectivity index (χ0v) is 22.0. The molecule has 194 valence electrons. The summed E-state index contributed by atoms with van der Waals surface area (Å²) >= 11 is 0.